The first-order valence-corrected chi connectivity index (χ1v) is 49.9. The van der Waals surface area contributed by atoms with Crippen molar-refractivity contribution in [1.82, 2.24) is 0 Å². The van der Waals surface area contributed by atoms with Gasteiger partial charge in [0, 0.05) is 25.7 Å². The lowest BCUT2D eigenvalue weighted by molar-refractivity contribution is -0.161. The molecule has 0 aromatic rings. The molecular weight excluding hydrogens is 1430 g/mol. The van der Waals surface area contributed by atoms with E-state index in [2.05, 4.69) is 48.5 Å². The molecule has 0 saturated heterocycles. The Hall–Kier alpha value is -1.94. The third-order valence-corrected chi connectivity index (χ3v) is 23.6. The van der Waals surface area contributed by atoms with Crippen molar-refractivity contribution in [3.8, 4) is 0 Å². The Morgan fingerprint density at radius 2 is 0.464 bits per heavy atom. The van der Waals surface area contributed by atoms with Gasteiger partial charge in [-0.3, -0.25) is 37.3 Å². The van der Waals surface area contributed by atoms with Gasteiger partial charge < -0.3 is 33.8 Å². The van der Waals surface area contributed by atoms with E-state index in [1.54, 1.807) is 0 Å². The van der Waals surface area contributed by atoms with Crippen molar-refractivity contribution in [2.75, 3.05) is 39.6 Å². The zero-order valence-corrected chi connectivity index (χ0v) is 74.5. The van der Waals surface area contributed by atoms with E-state index in [1.807, 2.05) is 0 Å². The van der Waals surface area contributed by atoms with E-state index in [0.29, 0.717) is 25.7 Å². The van der Waals surface area contributed by atoms with Crippen molar-refractivity contribution in [3.63, 3.8) is 0 Å². The molecule has 3 N–H and O–H groups in total. The van der Waals surface area contributed by atoms with Gasteiger partial charge in [-0.25, -0.2) is 9.13 Å². The number of hydrogen-bond acceptors (Lipinski definition) is 15. The zero-order chi connectivity index (χ0) is 80.8. The molecule has 19 heteroatoms. The Labute approximate surface area is 677 Å². The van der Waals surface area contributed by atoms with Crippen LogP contribution in [0.3, 0.4) is 0 Å². The fourth-order valence-corrected chi connectivity index (χ4v) is 15.8. The topological polar surface area (TPSA) is 237 Å². The van der Waals surface area contributed by atoms with Crippen LogP contribution < -0.4 is 0 Å². The van der Waals surface area contributed by atoms with E-state index in [0.717, 1.165) is 108 Å². The van der Waals surface area contributed by atoms with Crippen LogP contribution in [-0.4, -0.2) is 96.7 Å². The van der Waals surface area contributed by atoms with Crippen LogP contribution in [0, 0.1) is 17.8 Å². The SMILES string of the molecule is CCCCCCCCCCCCCCCCCCCCCCC(=O)OC[C@H](COP(=O)(O)OC[C@@H](O)COP(=O)(O)OC[C@@H](COC(=O)CCCCCCCCCCC(C)C)OC(=O)CCCCCCCCCCCCCCCCC(C)C)OC(=O)CCCCCCCCCCCCCCCCCCCCC(C)CC. The molecule has 0 aliphatic heterocycles. The highest BCUT2D eigenvalue weighted by molar-refractivity contribution is 7.47. The summed E-state index contributed by atoms with van der Waals surface area (Å²) in [4.78, 5) is 73.4. The van der Waals surface area contributed by atoms with Gasteiger partial charge in [-0.2, -0.15) is 0 Å². The first-order chi connectivity index (χ1) is 53.3. The third-order valence-electron chi connectivity index (χ3n) is 21.7. The summed E-state index contributed by atoms with van der Waals surface area (Å²) in [6, 6.07) is 0. The van der Waals surface area contributed by atoms with E-state index < -0.39 is 97.5 Å². The summed E-state index contributed by atoms with van der Waals surface area (Å²) in [5, 5.41) is 10.7. The summed E-state index contributed by atoms with van der Waals surface area (Å²) in [5.41, 5.74) is 0. The lowest BCUT2D eigenvalue weighted by Crippen LogP contribution is -2.30. The van der Waals surface area contributed by atoms with Gasteiger partial charge in [0.25, 0.3) is 0 Å². The molecule has 3 unspecified atom stereocenters. The molecule has 0 radical (unpaired) electrons. The highest BCUT2D eigenvalue weighted by atomic mass is 31.2. The molecule has 654 valence electrons. The van der Waals surface area contributed by atoms with Crippen LogP contribution in [-0.2, 0) is 65.4 Å². The summed E-state index contributed by atoms with van der Waals surface area (Å²) in [6.45, 7) is 12.1. The number of phosphoric ester groups is 2. The van der Waals surface area contributed by atoms with Gasteiger partial charge in [0.05, 0.1) is 26.4 Å². The van der Waals surface area contributed by atoms with Gasteiger partial charge in [0.1, 0.15) is 19.3 Å². The Balaban J connectivity index is 5.24. The number of unbranched alkanes of at least 4 members (excludes halogenated alkanes) is 56. The Bertz CT molecular complexity index is 2120. The number of phosphoric acid groups is 2. The van der Waals surface area contributed by atoms with E-state index in [-0.39, 0.29) is 25.7 Å². The average molecular weight is 1610 g/mol. The predicted octanol–water partition coefficient (Wildman–Crippen LogP) is 28.0. The largest absolute Gasteiger partial charge is 0.472 e. The molecule has 0 amide bonds. The van der Waals surface area contributed by atoms with Crippen molar-refractivity contribution >= 4 is 39.5 Å². The molecule has 17 nitrogen and oxygen atoms in total. The second-order valence-electron chi connectivity index (χ2n) is 33.9. The number of carbonyl (C=O) groups is 4. The molecule has 0 bridgehead atoms. The standard InChI is InChI=1S/C91H178O17P2/c1-8-10-11-12-13-14-15-16-17-18-19-20-24-27-33-38-43-51-58-65-72-88(93)101-78-86(107-90(95)74-67-60-53-44-39-34-28-25-22-21-23-26-32-37-42-50-57-64-71-84(7)9-2)80-105-109(97,98)103-76-85(92)77-104-110(99,100)106-81-87(79-102-89(94)73-66-59-52-47-46-49-56-63-70-83(5)6)108-91(96)75-68-61-54-45-40-35-30-29-31-36-41-48-55-62-69-82(3)4/h82-87,92H,8-81H2,1-7H3,(H,97,98)(H,99,100)/t84?,85-,86-,87-/m1/s1. The van der Waals surface area contributed by atoms with E-state index >= 15 is 0 Å². The van der Waals surface area contributed by atoms with Crippen molar-refractivity contribution in [3.05, 3.63) is 0 Å². The minimum absolute atomic E-state index is 0.107. The van der Waals surface area contributed by atoms with Gasteiger partial charge in [-0.1, -0.05) is 434 Å². The molecular formula is C91H178O17P2. The van der Waals surface area contributed by atoms with Crippen LogP contribution in [0.15, 0.2) is 0 Å². The number of ether oxygens (including phenoxy) is 4. The molecule has 6 atom stereocenters. The lowest BCUT2D eigenvalue weighted by Gasteiger charge is -2.21. The van der Waals surface area contributed by atoms with Crippen LogP contribution in [0.25, 0.3) is 0 Å². The summed E-state index contributed by atoms with van der Waals surface area (Å²) >= 11 is 0. The number of hydrogen-bond donors (Lipinski definition) is 3. The van der Waals surface area contributed by atoms with Crippen LogP contribution in [0.4, 0.5) is 0 Å². The van der Waals surface area contributed by atoms with Gasteiger partial charge >= 0.3 is 39.5 Å². The van der Waals surface area contributed by atoms with Crippen LogP contribution in [0.1, 0.15) is 485 Å². The quantitative estimate of drug-likeness (QED) is 0.0222. The summed E-state index contributed by atoms with van der Waals surface area (Å²) < 4.78 is 69.1. The molecule has 0 saturated carbocycles. The van der Waals surface area contributed by atoms with Gasteiger partial charge in [0.2, 0.25) is 0 Å². The molecule has 0 spiro atoms. The van der Waals surface area contributed by atoms with Crippen LogP contribution >= 0.6 is 15.6 Å². The first-order valence-electron chi connectivity index (χ1n) is 46.9. The van der Waals surface area contributed by atoms with Gasteiger partial charge in [0.15, 0.2) is 12.2 Å². The fourth-order valence-electron chi connectivity index (χ4n) is 14.2. The van der Waals surface area contributed by atoms with Gasteiger partial charge in [-0.15, -0.1) is 0 Å². The molecule has 0 aromatic carbocycles. The number of esters is 4. The first kappa shape index (κ1) is 108. The Morgan fingerprint density at radius 3 is 0.691 bits per heavy atom. The molecule has 0 heterocycles. The molecule has 0 rings (SSSR count). The van der Waals surface area contributed by atoms with Crippen molar-refractivity contribution in [2.24, 2.45) is 17.8 Å². The minimum Gasteiger partial charge on any atom is -0.462 e. The second-order valence-corrected chi connectivity index (χ2v) is 36.8. The molecule has 110 heavy (non-hydrogen) atoms. The molecule has 0 aromatic heterocycles. The average Bonchev–Trinajstić information content (AvgIpc) is 0.898. The van der Waals surface area contributed by atoms with Gasteiger partial charge in [-0.05, 0) is 43.4 Å². The number of rotatable bonds is 89. The Morgan fingerprint density at radius 1 is 0.264 bits per heavy atom. The van der Waals surface area contributed by atoms with Crippen molar-refractivity contribution in [2.45, 2.75) is 503 Å². The smallest absolute Gasteiger partial charge is 0.462 e. The van der Waals surface area contributed by atoms with Crippen LogP contribution in [0.5, 0.6) is 0 Å². The maximum atomic E-state index is 13.2. The number of aliphatic hydroxyl groups excluding tert-OH is 1. The molecule has 0 fully saturated rings. The van der Waals surface area contributed by atoms with E-state index in [1.165, 1.54) is 295 Å². The normalized spacial score (nSPS) is 14.0. The molecule has 0 aliphatic carbocycles. The summed E-state index contributed by atoms with van der Waals surface area (Å²) in [6.07, 6.45) is 73.7. The highest BCUT2D eigenvalue weighted by Gasteiger charge is 2.31. The summed E-state index contributed by atoms with van der Waals surface area (Å²) in [5.74, 6) is 0.293. The third kappa shape index (κ3) is 82.6. The van der Waals surface area contributed by atoms with Crippen molar-refractivity contribution < 1.29 is 80.2 Å². The Kier molecular flexibility index (Phi) is 79.4. The maximum absolute atomic E-state index is 13.2. The lowest BCUT2D eigenvalue weighted by atomic mass is 9.99. The number of carbonyl (C=O) groups excluding carboxylic acids is 4. The van der Waals surface area contributed by atoms with E-state index in [9.17, 15) is 43.2 Å². The number of aliphatic hydroxyl groups is 1. The fraction of sp³-hybridized carbons (Fsp3) is 0.956. The minimum atomic E-state index is -4.97. The summed E-state index contributed by atoms with van der Waals surface area (Å²) in [7, 11) is -9.94. The predicted molar refractivity (Wildman–Crippen MR) is 455 cm³/mol. The molecule has 0 aliphatic rings. The zero-order valence-electron chi connectivity index (χ0n) is 72.7. The maximum Gasteiger partial charge on any atom is 0.472 e. The monoisotopic (exact) mass is 1610 g/mol. The second kappa shape index (κ2) is 80.8. The van der Waals surface area contributed by atoms with Crippen molar-refractivity contribution in [1.29, 1.82) is 0 Å². The highest BCUT2D eigenvalue weighted by Crippen LogP contribution is 2.45. The van der Waals surface area contributed by atoms with E-state index in [4.69, 9.17) is 37.0 Å². The van der Waals surface area contributed by atoms with Crippen LogP contribution in [0.2, 0.25) is 0 Å².